The van der Waals surface area contributed by atoms with Crippen molar-refractivity contribution in [3.63, 3.8) is 0 Å². The standard InChI is InChI=1S/C18H19N/c1-18(2,14-13-16-9-5-3-6-10-16)19-15-17-11-7-4-8-12-17/h3-12,19H,15H2,1-2H3. The first-order valence-corrected chi connectivity index (χ1v) is 6.53. The Morgan fingerprint density at radius 1 is 0.895 bits per heavy atom. The van der Waals surface area contributed by atoms with Crippen molar-refractivity contribution in [3.8, 4) is 11.8 Å². The minimum absolute atomic E-state index is 0.203. The molecule has 0 amide bonds. The second-order valence-corrected chi connectivity index (χ2v) is 5.08. The molecule has 1 heteroatoms. The molecule has 0 aliphatic rings. The third-order valence-electron chi connectivity index (χ3n) is 2.87. The minimum Gasteiger partial charge on any atom is -0.297 e. The van der Waals surface area contributed by atoms with Gasteiger partial charge in [0.2, 0.25) is 0 Å². The maximum Gasteiger partial charge on any atom is 0.0750 e. The highest BCUT2D eigenvalue weighted by atomic mass is 14.9. The average Bonchev–Trinajstić information content (AvgIpc) is 2.46. The Morgan fingerprint density at radius 2 is 1.47 bits per heavy atom. The molecule has 0 fully saturated rings. The quantitative estimate of drug-likeness (QED) is 0.819. The monoisotopic (exact) mass is 249 g/mol. The molecule has 0 spiro atoms. The van der Waals surface area contributed by atoms with Gasteiger partial charge in [-0.1, -0.05) is 60.4 Å². The molecule has 96 valence electrons. The topological polar surface area (TPSA) is 12.0 Å². The van der Waals surface area contributed by atoms with Gasteiger partial charge in [-0.2, -0.15) is 0 Å². The van der Waals surface area contributed by atoms with Gasteiger partial charge in [0.1, 0.15) is 0 Å². The van der Waals surface area contributed by atoms with E-state index in [-0.39, 0.29) is 5.54 Å². The van der Waals surface area contributed by atoms with Crippen LogP contribution in [0, 0.1) is 11.8 Å². The minimum atomic E-state index is -0.203. The summed E-state index contributed by atoms with van der Waals surface area (Å²) in [5.74, 6) is 6.49. The van der Waals surface area contributed by atoms with E-state index in [1.165, 1.54) is 5.56 Å². The van der Waals surface area contributed by atoms with Crippen LogP contribution in [0.5, 0.6) is 0 Å². The molecule has 1 N–H and O–H groups in total. The number of benzene rings is 2. The normalized spacial score (nSPS) is 10.6. The van der Waals surface area contributed by atoms with E-state index in [1.807, 2.05) is 36.4 Å². The van der Waals surface area contributed by atoms with Crippen molar-refractivity contribution in [1.29, 1.82) is 0 Å². The Morgan fingerprint density at radius 3 is 2.11 bits per heavy atom. The van der Waals surface area contributed by atoms with Gasteiger partial charge in [0.05, 0.1) is 5.54 Å². The van der Waals surface area contributed by atoms with Crippen LogP contribution in [-0.4, -0.2) is 5.54 Å². The van der Waals surface area contributed by atoms with E-state index in [2.05, 4.69) is 55.3 Å². The molecule has 0 aliphatic carbocycles. The molecule has 2 aromatic carbocycles. The first kappa shape index (κ1) is 13.4. The van der Waals surface area contributed by atoms with E-state index in [9.17, 15) is 0 Å². The lowest BCUT2D eigenvalue weighted by molar-refractivity contribution is 0.490. The third kappa shape index (κ3) is 4.62. The number of hydrogen-bond donors (Lipinski definition) is 1. The molecule has 0 unspecified atom stereocenters. The van der Waals surface area contributed by atoms with Gasteiger partial charge in [0.15, 0.2) is 0 Å². The zero-order chi connectivity index (χ0) is 13.6. The number of nitrogens with one attached hydrogen (secondary N) is 1. The third-order valence-corrected chi connectivity index (χ3v) is 2.87. The second-order valence-electron chi connectivity index (χ2n) is 5.08. The summed E-state index contributed by atoms with van der Waals surface area (Å²) in [6, 6.07) is 20.5. The molecule has 0 atom stereocenters. The Hall–Kier alpha value is -2.04. The zero-order valence-corrected chi connectivity index (χ0v) is 11.5. The number of rotatable bonds is 3. The van der Waals surface area contributed by atoms with Crippen molar-refractivity contribution in [2.75, 3.05) is 0 Å². The van der Waals surface area contributed by atoms with Crippen LogP contribution in [0.15, 0.2) is 60.7 Å². The van der Waals surface area contributed by atoms with Gasteiger partial charge < -0.3 is 0 Å². The Balaban J connectivity index is 1.98. The first-order chi connectivity index (χ1) is 9.16. The number of hydrogen-bond acceptors (Lipinski definition) is 1. The highest BCUT2D eigenvalue weighted by Gasteiger charge is 2.12. The lowest BCUT2D eigenvalue weighted by Crippen LogP contribution is -2.37. The molecule has 0 saturated carbocycles. The molecule has 0 heterocycles. The highest BCUT2D eigenvalue weighted by Crippen LogP contribution is 2.05. The van der Waals surface area contributed by atoms with E-state index in [4.69, 9.17) is 0 Å². The summed E-state index contributed by atoms with van der Waals surface area (Å²) in [5, 5.41) is 3.47. The zero-order valence-electron chi connectivity index (χ0n) is 11.5. The van der Waals surface area contributed by atoms with Crippen LogP contribution in [0.25, 0.3) is 0 Å². The summed E-state index contributed by atoms with van der Waals surface area (Å²) in [6.45, 7) is 5.04. The SMILES string of the molecule is CC(C)(C#Cc1ccccc1)NCc1ccccc1. The molecule has 0 saturated heterocycles. The summed E-state index contributed by atoms with van der Waals surface area (Å²) in [5.41, 5.74) is 2.13. The molecule has 2 aromatic rings. The first-order valence-electron chi connectivity index (χ1n) is 6.53. The van der Waals surface area contributed by atoms with Crippen LogP contribution < -0.4 is 5.32 Å². The Kier molecular flexibility index (Phi) is 4.39. The summed E-state index contributed by atoms with van der Waals surface area (Å²) in [7, 11) is 0. The van der Waals surface area contributed by atoms with Crippen molar-refractivity contribution < 1.29 is 0 Å². The fourth-order valence-corrected chi connectivity index (χ4v) is 1.71. The predicted molar refractivity (Wildman–Crippen MR) is 80.7 cm³/mol. The summed E-state index contributed by atoms with van der Waals surface area (Å²) < 4.78 is 0. The van der Waals surface area contributed by atoms with Gasteiger partial charge in [-0.15, -0.1) is 0 Å². The molecule has 0 radical (unpaired) electrons. The van der Waals surface area contributed by atoms with E-state index in [0.717, 1.165) is 12.1 Å². The smallest absolute Gasteiger partial charge is 0.0750 e. The van der Waals surface area contributed by atoms with Crippen LogP contribution in [0.3, 0.4) is 0 Å². The molecule has 0 aromatic heterocycles. The van der Waals surface area contributed by atoms with E-state index in [1.54, 1.807) is 0 Å². The van der Waals surface area contributed by atoms with E-state index < -0.39 is 0 Å². The lowest BCUT2D eigenvalue weighted by atomic mass is 10.0. The van der Waals surface area contributed by atoms with Crippen molar-refractivity contribution in [3.05, 3.63) is 71.8 Å². The average molecular weight is 249 g/mol. The summed E-state index contributed by atoms with van der Waals surface area (Å²) in [6.07, 6.45) is 0. The largest absolute Gasteiger partial charge is 0.297 e. The molecule has 0 bridgehead atoms. The van der Waals surface area contributed by atoms with Gasteiger partial charge in [0.25, 0.3) is 0 Å². The van der Waals surface area contributed by atoms with Gasteiger partial charge in [0, 0.05) is 12.1 Å². The van der Waals surface area contributed by atoms with Crippen molar-refractivity contribution in [2.45, 2.75) is 25.9 Å². The van der Waals surface area contributed by atoms with Gasteiger partial charge in [-0.3, -0.25) is 5.32 Å². The van der Waals surface area contributed by atoms with Crippen LogP contribution in [0.2, 0.25) is 0 Å². The fourth-order valence-electron chi connectivity index (χ4n) is 1.71. The fraction of sp³-hybridized carbons (Fsp3) is 0.222. The van der Waals surface area contributed by atoms with Gasteiger partial charge >= 0.3 is 0 Å². The van der Waals surface area contributed by atoms with Crippen molar-refractivity contribution in [2.24, 2.45) is 0 Å². The van der Waals surface area contributed by atoms with Crippen molar-refractivity contribution >= 4 is 0 Å². The molecule has 2 rings (SSSR count). The Labute approximate surface area is 115 Å². The Bertz CT molecular complexity index is 559. The van der Waals surface area contributed by atoms with Gasteiger partial charge in [-0.05, 0) is 31.5 Å². The van der Waals surface area contributed by atoms with Crippen LogP contribution >= 0.6 is 0 Å². The second kappa shape index (κ2) is 6.22. The highest BCUT2D eigenvalue weighted by molar-refractivity contribution is 5.36. The maximum absolute atomic E-state index is 3.47. The summed E-state index contributed by atoms with van der Waals surface area (Å²) >= 11 is 0. The molecular weight excluding hydrogens is 230 g/mol. The maximum atomic E-state index is 3.47. The molecular formula is C18H19N. The van der Waals surface area contributed by atoms with E-state index in [0.29, 0.717) is 0 Å². The van der Waals surface area contributed by atoms with Crippen LogP contribution in [-0.2, 0) is 6.54 Å². The van der Waals surface area contributed by atoms with Gasteiger partial charge in [-0.25, -0.2) is 0 Å². The summed E-state index contributed by atoms with van der Waals surface area (Å²) in [4.78, 5) is 0. The van der Waals surface area contributed by atoms with Crippen LogP contribution in [0.1, 0.15) is 25.0 Å². The van der Waals surface area contributed by atoms with E-state index >= 15 is 0 Å². The molecule has 0 aliphatic heterocycles. The molecule has 1 nitrogen and oxygen atoms in total. The lowest BCUT2D eigenvalue weighted by Gasteiger charge is -2.19. The van der Waals surface area contributed by atoms with Crippen LogP contribution in [0.4, 0.5) is 0 Å². The predicted octanol–water partition coefficient (Wildman–Crippen LogP) is 3.61. The molecule has 19 heavy (non-hydrogen) atoms. The van der Waals surface area contributed by atoms with Crippen molar-refractivity contribution in [1.82, 2.24) is 5.32 Å².